The Morgan fingerprint density at radius 3 is 1.34 bits per heavy atom. The molecule has 50 heavy (non-hydrogen) atoms. The molecule has 1 N–H and O–H groups in total. The Kier molecular flexibility index (Phi) is 11.8. The molecule has 268 valence electrons. The number of hydrogen-bond acceptors (Lipinski definition) is 8. The minimum absolute atomic E-state index is 0.0754. The Labute approximate surface area is 291 Å². The van der Waals surface area contributed by atoms with Gasteiger partial charge >= 0.3 is 17.9 Å². The van der Waals surface area contributed by atoms with Crippen LogP contribution in [-0.4, -0.2) is 41.7 Å². The summed E-state index contributed by atoms with van der Waals surface area (Å²) in [7, 11) is 0. The predicted octanol–water partition coefficient (Wildman–Crippen LogP) is 5.80. The fraction of sp³-hybridized carbons (Fsp3) is 0.447. The first-order valence-electron chi connectivity index (χ1n) is 16.9. The number of aromatic hydroxyl groups is 1. The van der Waals surface area contributed by atoms with Gasteiger partial charge in [0.25, 0.3) is 11.1 Å². The summed E-state index contributed by atoms with van der Waals surface area (Å²) in [5.41, 5.74) is 9.20. The van der Waals surface area contributed by atoms with Crippen LogP contribution in [0.1, 0.15) is 79.8 Å². The highest BCUT2D eigenvalue weighted by atomic mass is 16.6. The minimum Gasteiger partial charge on any atom is -0.493 e. The number of aromatic nitrogens is 4. The van der Waals surface area contributed by atoms with Crippen molar-refractivity contribution in [2.75, 3.05) is 0 Å². The summed E-state index contributed by atoms with van der Waals surface area (Å²) in [6.45, 7) is 18.6. The van der Waals surface area contributed by atoms with Crippen LogP contribution in [0.5, 0.6) is 11.8 Å². The molecular weight excluding hydrogens is 640 g/mol. The lowest BCUT2D eigenvalue weighted by molar-refractivity contribution is -0.156. The summed E-state index contributed by atoms with van der Waals surface area (Å²) < 4.78 is 16.3. The van der Waals surface area contributed by atoms with Crippen LogP contribution in [0.15, 0.2) is 33.9 Å². The third kappa shape index (κ3) is 8.01. The van der Waals surface area contributed by atoms with Crippen molar-refractivity contribution in [3.05, 3.63) is 78.4 Å². The average molecular weight is 689 g/mol. The third-order valence-electron chi connectivity index (χ3n) is 9.12. The Balaban J connectivity index is 0.000000191. The fourth-order valence-corrected chi connectivity index (χ4v) is 6.45. The van der Waals surface area contributed by atoms with E-state index in [9.17, 15) is 29.1 Å². The van der Waals surface area contributed by atoms with Gasteiger partial charge < -0.3 is 14.6 Å². The number of hydrogen-bond donors (Lipinski definition) is 1. The van der Waals surface area contributed by atoms with Gasteiger partial charge in [-0.05, 0) is 112 Å². The summed E-state index contributed by atoms with van der Waals surface area (Å²) in [5.74, 6) is -1.03. The van der Waals surface area contributed by atoms with Crippen LogP contribution < -0.4 is 15.9 Å². The predicted molar refractivity (Wildman–Crippen MR) is 191 cm³/mol. The first kappa shape index (κ1) is 37.7. The first-order chi connectivity index (χ1) is 23.5. The Morgan fingerprint density at radius 2 is 0.920 bits per heavy atom. The molecule has 0 saturated heterocycles. The van der Waals surface area contributed by atoms with E-state index in [0.717, 1.165) is 59.1 Å². The molecular formula is C38H48N4O8. The Hall–Kier alpha value is -5.13. The second-order valence-electron chi connectivity index (χ2n) is 13.1. The van der Waals surface area contributed by atoms with Crippen molar-refractivity contribution in [3.63, 3.8) is 0 Å². The van der Waals surface area contributed by atoms with Crippen molar-refractivity contribution >= 4 is 17.9 Å². The number of rotatable bonds is 3. The smallest absolute Gasteiger partial charge is 0.310 e. The van der Waals surface area contributed by atoms with Gasteiger partial charge in [-0.3, -0.25) is 33.3 Å². The molecule has 2 aliphatic heterocycles. The van der Waals surface area contributed by atoms with E-state index in [2.05, 4.69) is 30.7 Å². The van der Waals surface area contributed by atoms with E-state index in [1.165, 1.54) is 31.9 Å². The number of ether oxygens (including phenoxy) is 2. The molecule has 12 nitrogen and oxygen atoms in total. The van der Waals surface area contributed by atoms with Gasteiger partial charge in [-0.25, -0.2) is 9.36 Å². The normalized spacial score (nSPS) is 13.1. The molecule has 4 heterocycles. The molecule has 4 aromatic rings. The summed E-state index contributed by atoms with van der Waals surface area (Å²) >= 11 is 0. The monoisotopic (exact) mass is 688 g/mol. The van der Waals surface area contributed by atoms with Gasteiger partial charge in [0.15, 0.2) is 0 Å². The van der Waals surface area contributed by atoms with Crippen LogP contribution in [-0.2, 0) is 45.3 Å². The highest BCUT2D eigenvalue weighted by Crippen LogP contribution is 2.34. The molecule has 2 aromatic carbocycles. The van der Waals surface area contributed by atoms with Crippen molar-refractivity contribution in [2.24, 2.45) is 0 Å². The largest absolute Gasteiger partial charge is 0.493 e. The van der Waals surface area contributed by atoms with Crippen LogP contribution in [0.4, 0.5) is 0 Å². The number of fused-ring (bicyclic) bond motifs is 2. The number of carbonyl (C=O) groups is 3. The molecule has 0 amide bonds. The Bertz CT molecular complexity index is 2060. The van der Waals surface area contributed by atoms with Crippen LogP contribution in [0.25, 0.3) is 22.3 Å². The zero-order valence-electron chi connectivity index (χ0n) is 30.6. The van der Waals surface area contributed by atoms with Crippen LogP contribution in [0.3, 0.4) is 0 Å². The molecule has 0 spiro atoms. The maximum atomic E-state index is 12.9. The van der Waals surface area contributed by atoms with E-state index >= 15 is 0 Å². The summed E-state index contributed by atoms with van der Waals surface area (Å²) in [5, 5.41) is 10.4. The second-order valence-corrected chi connectivity index (χ2v) is 13.1. The van der Waals surface area contributed by atoms with Gasteiger partial charge in [-0.1, -0.05) is 24.3 Å². The van der Waals surface area contributed by atoms with Gasteiger partial charge in [-0.15, -0.1) is 0 Å². The highest BCUT2D eigenvalue weighted by molar-refractivity contribution is 5.82. The Morgan fingerprint density at radius 1 is 0.540 bits per heavy atom. The molecule has 0 saturated carbocycles. The van der Waals surface area contributed by atoms with E-state index in [-0.39, 0.29) is 17.0 Å². The summed E-state index contributed by atoms with van der Waals surface area (Å²) in [6.07, 6.45) is 3.95. The van der Waals surface area contributed by atoms with Crippen molar-refractivity contribution < 1.29 is 29.0 Å². The zero-order chi connectivity index (χ0) is 37.0. The number of nitrogens with zero attached hydrogens (tertiary/aromatic N) is 4. The van der Waals surface area contributed by atoms with Crippen LogP contribution >= 0.6 is 0 Å². The van der Waals surface area contributed by atoms with Crippen LogP contribution in [0, 0.1) is 41.5 Å². The van der Waals surface area contributed by atoms with E-state index in [4.69, 9.17) is 4.74 Å². The van der Waals surface area contributed by atoms with Crippen molar-refractivity contribution in [1.29, 1.82) is 0 Å². The molecule has 0 aliphatic carbocycles. The standard InChI is InChI=1S/C18H22N2O3.C16H20N2O2.C4H6O3/c1-11-9-13(3)15(10-12(11)2)16-17(22)19-7-5-6-8-20(19)18(16)23-14(4)21;1-10-8-12(3)13(9-11(10)2)14-15(19)17-6-4-5-7-18(17)16(14)20;1-3(5)7-4(2)6/h9-10H,5-8H2,1-4H3;8-9,19H,4-7H2,1-3H3;1-2H3. The van der Waals surface area contributed by atoms with Crippen molar-refractivity contribution in [3.8, 4) is 34.0 Å². The fourth-order valence-electron chi connectivity index (χ4n) is 6.45. The molecule has 6 rings (SSSR count). The van der Waals surface area contributed by atoms with Crippen molar-refractivity contribution in [2.45, 2.75) is 114 Å². The first-order valence-corrected chi connectivity index (χ1v) is 16.9. The molecule has 0 fully saturated rings. The van der Waals surface area contributed by atoms with Crippen LogP contribution in [0.2, 0.25) is 0 Å². The van der Waals surface area contributed by atoms with E-state index in [1.807, 2.05) is 44.5 Å². The number of carbonyl (C=O) groups excluding carboxylic acids is 3. The maximum Gasteiger partial charge on any atom is 0.310 e. The van der Waals surface area contributed by atoms with Gasteiger partial charge in [0, 0.05) is 47.0 Å². The molecule has 0 atom stereocenters. The summed E-state index contributed by atoms with van der Waals surface area (Å²) in [4.78, 5) is 56.7. The molecule has 0 unspecified atom stereocenters. The highest BCUT2D eigenvalue weighted by Gasteiger charge is 2.27. The minimum atomic E-state index is -0.562. The van der Waals surface area contributed by atoms with Crippen molar-refractivity contribution in [1.82, 2.24) is 18.7 Å². The molecule has 0 radical (unpaired) electrons. The number of aryl methyl sites for hydroxylation is 6. The lowest BCUT2D eigenvalue weighted by atomic mass is 9.97. The third-order valence-corrected chi connectivity index (χ3v) is 9.12. The van der Waals surface area contributed by atoms with Gasteiger partial charge in [-0.2, -0.15) is 0 Å². The van der Waals surface area contributed by atoms with Gasteiger partial charge in [0.2, 0.25) is 11.8 Å². The maximum absolute atomic E-state index is 12.9. The van der Waals surface area contributed by atoms with E-state index < -0.39 is 17.9 Å². The topological polar surface area (TPSA) is 144 Å². The molecule has 2 aliphatic rings. The van der Waals surface area contributed by atoms with Gasteiger partial charge in [0.1, 0.15) is 11.1 Å². The lowest BCUT2D eigenvalue weighted by Crippen LogP contribution is -2.27. The second kappa shape index (κ2) is 15.6. The summed E-state index contributed by atoms with van der Waals surface area (Å²) in [6, 6.07) is 8.17. The van der Waals surface area contributed by atoms with E-state index in [1.54, 1.807) is 14.0 Å². The quantitative estimate of drug-likeness (QED) is 0.210. The average Bonchev–Trinajstić information content (AvgIpc) is 3.45. The van der Waals surface area contributed by atoms with Gasteiger partial charge in [0.05, 0.1) is 0 Å². The lowest BCUT2D eigenvalue weighted by Gasteiger charge is -2.18. The SMILES string of the molecule is CC(=O)OC(C)=O.CC(=O)Oc1c(-c2cc(C)c(C)cc2C)c(=O)n2n1CCCC2.Cc1cc(C)c(-c2c(O)n3n(c2=O)CCCC3)cc1C. The number of benzene rings is 2. The molecule has 12 heteroatoms. The zero-order valence-corrected chi connectivity index (χ0v) is 30.6. The number of esters is 3. The van der Waals surface area contributed by atoms with E-state index in [0.29, 0.717) is 43.2 Å². The molecule has 2 aromatic heterocycles. The molecule has 0 bridgehead atoms.